The summed E-state index contributed by atoms with van der Waals surface area (Å²) in [5, 5.41) is 0. The molecule has 1 aromatic carbocycles. The Morgan fingerprint density at radius 1 is 0.971 bits per heavy atom. The SMILES string of the molecule is Cn1c(=O)c2c(nc(N3CCN(C(=O)C4CCCCC4)CC3)n2Cc2ccc(Br)cc2)n(C)c1=O. The highest BCUT2D eigenvalue weighted by Crippen LogP contribution is 2.27. The molecule has 5 rings (SSSR count). The number of amides is 1. The lowest BCUT2D eigenvalue weighted by atomic mass is 9.88. The zero-order valence-electron chi connectivity index (χ0n) is 20.2. The second kappa shape index (κ2) is 9.64. The second-order valence-electron chi connectivity index (χ2n) is 9.65. The summed E-state index contributed by atoms with van der Waals surface area (Å²) in [4.78, 5) is 47.7. The standard InChI is InChI=1S/C25H31BrN6O3/c1-28-21-20(23(34)29(2)25(28)35)32(16-17-8-10-19(26)11-9-17)24(27-21)31-14-12-30(13-15-31)22(33)18-6-4-3-5-7-18/h8-11,18H,3-7,12-16H2,1-2H3. The Labute approximate surface area is 212 Å². The predicted molar refractivity (Wildman–Crippen MR) is 139 cm³/mol. The molecule has 35 heavy (non-hydrogen) atoms. The number of imidazole rings is 1. The van der Waals surface area contributed by atoms with E-state index in [0.717, 1.165) is 40.3 Å². The van der Waals surface area contributed by atoms with Crippen molar-refractivity contribution in [1.29, 1.82) is 0 Å². The van der Waals surface area contributed by atoms with Gasteiger partial charge in [0.2, 0.25) is 11.9 Å². The number of nitrogens with zero attached hydrogens (tertiary/aromatic N) is 6. The average molecular weight is 543 g/mol. The van der Waals surface area contributed by atoms with Crippen LogP contribution in [0.2, 0.25) is 0 Å². The topological polar surface area (TPSA) is 85.4 Å². The fourth-order valence-electron chi connectivity index (χ4n) is 5.33. The molecule has 0 radical (unpaired) electrons. The van der Waals surface area contributed by atoms with Gasteiger partial charge in [-0.25, -0.2) is 4.79 Å². The Balaban J connectivity index is 1.48. The van der Waals surface area contributed by atoms with E-state index in [1.54, 1.807) is 7.05 Å². The predicted octanol–water partition coefficient (Wildman–Crippen LogP) is 2.47. The van der Waals surface area contributed by atoms with Gasteiger partial charge in [-0.3, -0.25) is 23.3 Å². The van der Waals surface area contributed by atoms with E-state index >= 15 is 0 Å². The molecule has 2 fully saturated rings. The van der Waals surface area contributed by atoms with E-state index < -0.39 is 5.69 Å². The summed E-state index contributed by atoms with van der Waals surface area (Å²) in [7, 11) is 3.14. The zero-order valence-corrected chi connectivity index (χ0v) is 21.8. The van der Waals surface area contributed by atoms with Crippen molar-refractivity contribution in [2.75, 3.05) is 31.1 Å². The molecule has 3 heterocycles. The van der Waals surface area contributed by atoms with E-state index in [0.29, 0.717) is 49.8 Å². The van der Waals surface area contributed by atoms with Crippen molar-refractivity contribution >= 4 is 38.9 Å². The van der Waals surface area contributed by atoms with Crippen molar-refractivity contribution in [3.8, 4) is 0 Å². The third-order valence-corrected chi connectivity index (χ3v) is 7.94. The summed E-state index contributed by atoms with van der Waals surface area (Å²) < 4.78 is 5.46. The number of carbonyl (C=O) groups is 1. The fraction of sp³-hybridized carbons (Fsp3) is 0.520. The van der Waals surface area contributed by atoms with Crippen LogP contribution in [-0.2, 0) is 25.4 Å². The van der Waals surface area contributed by atoms with Gasteiger partial charge in [-0.05, 0) is 30.5 Å². The third kappa shape index (κ3) is 4.44. The first kappa shape index (κ1) is 23.8. The molecule has 0 unspecified atom stereocenters. The summed E-state index contributed by atoms with van der Waals surface area (Å²) in [6, 6.07) is 7.95. The second-order valence-corrected chi connectivity index (χ2v) is 10.6. The van der Waals surface area contributed by atoms with Gasteiger partial charge in [0.15, 0.2) is 11.2 Å². The summed E-state index contributed by atoms with van der Waals surface area (Å²) >= 11 is 3.47. The number of rotatable bonds is 4. The molecule has 3 aromatic rings. The van der Waals surface area contributed by atoms with E-state index in [1.807, 2.05) is 33.7 Å². The van der Waals surface area contributed by atoms with Crippen molar-refractivity contribution in [1.82, 2.24) is 23.6 Å². The lowest BCUT2D eigenvalue weighted by Crippen LogP contribution is -2.51. The maximum absolute atomic E-state index is 13.2. The molecule has 1 saturated carbocycles. The van der Waals surface area contributed by atoms with Crippen molar-refractivity contribution in [2.45, 2.75) is 38.6 Å². The maximum Gasteiger partial charge on any atom is 0.332 e. The first-order valence-corrected chi connectivity index (χ1v) is 13.1. The van der Waals surface area contributed by atoms with Crippen molar-refractivity contribution in [2.24, 2.45) is 20.0 Å². The third-order valence-electron chi connectivity index (χ3n) is 7.41. The quantitative estimate of drug-likeness (QED) is 0.505. The first-order chi connectivity index (χ1) is 16.8. The molecule has 1 aliphatic heterocycles. The number of piperazine rings is 1. The molecular weight excluding hydrogens is 512 g/mol. The molecule has 2 aromatic heterocycles. The van der Waals surface area contributed by atoms with Crippen LogP contribution in [-0.4, -0.2) is 55.7 Å². The van der Waals surface area contributed by atoms with E-state index in [9.17, 15) is 14.4 Å². The van der Waals surface area contributed by atoms with Crippen LogP contribution in [0.15, 0.2) is 38.3 Å². The van der Waals surface area contributed by atoms with Crippen LogP contribution >= 0.6 is 15.9 Å². The fourth-order valence-corrected chi connectivity index (χ4v) is 5.60. The summed E-state index contributed by atoms with van der Waals surface area (Å²) in [5.74, 6) is 1.10. The van der Waals surface area contributed by atoms with Crippen LogP contribution in [0.3, 0.4) is 0 Å². The highest BCUT2D eigenvalue weighted by Gasteiger charge is 2.30. The summed E-state index contributed by atoms with van der Waals surface area (Å²) in [6.45, 7) is 2.99. The zero-order chi connectivity index (χ0) is 24.7. The minimum absolute atomic E-state index is 0.162. The number of aromatic nitrogens is 4. The van der Waals surface area contributed by atoms with Gasteiger partial charge in [0, 0.05) is 50.7 Å². The smallest absolute Gasteiger partial charge is 0.332 e. The van der Waals surface area contributed by atoms with E-state index in [1.165, 1.54) is 18.0 Å². The Morgan fingerprint density at radius 3 is 2.29 bits per heavy atom. The van der Waals surface area contributed by atoms with E-state index in [2.05, 4.69) is 20.8 Å². The van der Waals surface area contributed by atoms with Crippen molar-refractivity contribution in [3.63, 3.8) is 0 Å². The van der Waals surface area contributed by atoms with Gasteiger partial charge in [0.1, 0.15) is 0 Å². The Bertz CT molecular complexity index is 1360. The number of aryl methyl sites for hydroxylation is 1. The summed E-state index contributed by atoms with van der Waals surface area (Å²) in [5.41, 5.74) is 1.06. The molecule has 10 heteroatoms. The van der Waals surface area contributed by atoms with Crippen LogP contribution in [0.5, 0.6) is 0 Å². The summed E-state index contributed by atoms with van der Waals surface area (Å²) in [6.07, 6.45) is 5.51. The largest absolute Gasteiger partial charge is 0.339 e. The number of carbonyl (C=O) groups excluding carboxylic acids is 1. The molecule has 1 saturated heterocycles. The minimum atomic E-state index is -0.398. The number of hydrogen-bond acceptors (Lipinski definition) is 5. The number of hydrogen-bond donors (Lipinski definition) is 0. The Morgan fingerprint density at radius 2 is 1.63 bits per heavy atom. The molecule has 9 nitrogen and oxygen atoms in total. The molecule has 0 spiro atoms. The Hall–Kier alpha value is -2.88. The molecule has 0 N–H and O–H groups in total. The number of anilines is 1. The molecule has 186 valence electrons. The normalized spacial score (nSPS) is 17.3. The molecule has 1 aliphatic carbocycles. The van der Waals surface area contributed by atoms with Crippen LogP contribution < -0.4 is 16.1 Å². The van der Waals surface area contributed by atoms with Crippen molar-refractivity contribution in [3.05, 3.63) is 55.1 Å². The average Bonchev–Trinajstić information content (AvgIpc) is 3.27. The van der Waals surface area contributed by atoms with E-state index in [4.69, 9.17) is 4.98 Å². The molecular formula is C25H31BrN6O3. The number of benzene rings is 1. The van der Waals surface area contributed by atoms with Gasteiger partial charge in [-0.15, -0.1) is 0 Å². The van der Waals surface area contributed by atoms with Crippen molar-refractivity contribution < 1.29 is 4.79 Å². The van der Waals surface area contributed by atoms with Crippen LogP contribution in [0, 0.1) is 5.92 Å². The molecule has 2 aliphatic rings. The first-order valence-electron chi connectivity index (χ1n) is 12.3. The van der Waals surface area contributed by atoms with Crippen LogP contribution in [0.1, 0.15) is 37.7 Å². The lowest BCUT2D eigenvalue weighted by molar-refractivity contribution is -0.136. The number of fused-ring (bicyclic) bond motifs is 1. The minimum Gasteiger partial charge on any atom is -0.339 e. The van der Waals surface area contributed by atoms with Gasteiger partial charge < -0.3 is 9.80 Å². The van der Waals surface area contributed by atoms with Gasteiger partial charge in [-0.1, -0.05) is 47.3 Å². The monoisotopic (exact) mass is 542 g/mol. The van der Waals surface area contributed by atoms with Gasteiger partial charge in [-0.2, -0.15) is 4.98 Å². The highest BCUT2D eigenvalue weighted by molar-refractivity contribution is 9.10. The molecule has 0 bridgehead atoms. The van der Waals surface area contributed by atoms with Crippen LogP contribution in [0.25, 0.3) is 11.2 Å². The van der Waals surface area contributed by atoms with E-state index in [-0.39, 0.29) is 17.4 Å². The van der Waals surface area contributed by atoms with Crippen LogP contribution in [0.4, 0.5) is 5.95 Å². The van der Waals surface area contributed by atoms with Gasteiger partial charge in [0.25, 0.3) is 5.56 Å². The lowest BCUT2D eigenvalue weighted by Gasteiger charge is -2.37. The van der Waals surface area contributed by atoms with Gasteiger partial charge >= 0.3 is 5.69 Å². The highest BCUT2D eigenvalue weighted by atomic mass is 79.9. The molecule has 0 atom stereocenters. The molecule has 1 amide bonds. The maximum atomic E-state index is 13.2. The number of halogens is 1. The Kier molecular flexibility index (Phi) is 6.57. The van der Waals surface area contributed by atoms with Gasteiger partial charge in [0.05, 0.1) is 6.54 Å².